The number of nitrogens with zero attached hydrogens (tertiary/aromatic N) is 3. The van der Waals surface area contributed by atoms with Gasteiger partial charge in [-0.2, -0.15) is 18.2 Å². The number of aliphatic hydroxyl groups is 1. The number of benzene rings is 2. The third-order valence-electron chi connectivity index (χ3n) is 7.09. The Labute approximate surface area is 210 Å². The summed E-state index contributed by atoms with van der Waals surface area (Å²) >= 11 is 0. The molecule has 3 aromatic rings. The van der Waals surface area contributed by atoms with Gasteiger partial charge in [-0.3, -0.25) is 9.59 Å². The summed E-state index contributed by atoms with van der Waals surface area (Å²) in [4.78, 5) is 34.4. The van der Waals surface area contributed by atoms with Crippen LogP contribution >= 0.6 is 0 Å². The average molecular weight is 517 g/mol. The van der Waals surface area contributed by atoms with Crippen LogP contribution in [-0.2, 0) is 15.7 Å². The van der Waals surface area contributed by atoms with Crippen LogP contribution < -0.4 is 10.5 Å². The van der Waals surface area contributed by atoms with Crippen LogP contribution in [0.2, 0.25) is 0 Å². The van der Waals surface area contributed by atoms with Crippen molar-refractivity contribution in [3.8, 4) is 0 Å². The number of carbonyl (C=O) groups is 2. The molecule has 2 N–H and O–H groups in total. The Morgan fingerprint density at radius 3 is 2.73 bits per heavy atom. The number of amides is 2. The number of alkyl halides is 3. The van der Waals surface area contributed by atoms with Crippen LogP contribution in [-0.4, -0.2) is 52.8 Å². The molecular formula is C26H27F3N4O4. The SMILES string of the molecule is O=C(/N=c1\[nH]c2cc(N3CCOCC3=O)ccc2n1[C@H]1CCCC[C@@H]1CO)c1cccc(C(F)(F)F)c1. The number of anilines is 1. The highest BCUT2D eigenvalue weighted by molar-refractivity contribution is 5.97. The number of carbonyl (C=O) groups excluding carboxylic acids is 2. The van der Waals surface area contributed by atoms with Gasteiger partial charge in [0.1, 0.15) is 6.61 Å². The summed E-state index contributed by atoms with van der Waals surface area (Å²) in [7, 11) is 0. The molecule has 1 aliphatic carbocycles. The van der Waals surface area contributed by atoms with Gasteiger partial charge in [-0.1, -0.05) is 18.9 Å². The summed E-state index contributed by atoms with van der Waals surface area (Å²) in [6.45, 7) is 0.785. The van der Waals surface area contributed by atoms with Crippen LogP contribution in [0.1, 0.15) is 47.6 Å². The first-order valence-corrected chi connectivity index (χ1v) is 12.3. The largest absolute Gasteiger partial charge is 0.416 e. The normalized spacial score (nSPS) is 21.6. The number of H-pyrrole nitrogens is 1. The summed E-state index contributed by atoms with van der Waals surface area (Å²) in [6, 6.07) is 9.45. The average Bonchev–Trinajstić information content (AvgIpc) is 3.25. The van der Waals surface area contributed by atoms with Crippen molar-refractivity contribution < 1.29 is 32.6 Å². The molecule has 1 aliphatic heterocycles. The first kappa shape index (κ1) is 25.2. The van der Waals surface area contributed by atoms with Crippen molar-refractivity contribution >= 4 is 28.5 Å². The van der Waals surface area contributed by atoms with Crippen molar-refractivity contribution in [3.05, 3.63) is 59.2 Å². The summed E-state index contributed by atoms with van der Waals surface area (Å²) in [6.07, 6.45) is -1.11. The van der Waals surface area contributed by atoms with Crippen molar-refractivity contribution in [3.63, 3.8) is 0 Å². The highest BCUT2D eigenvalue weighted by Crippen LogP contribution is 2.35. The van der Waals surface area contributed by atoms with Crippen LogP contribution in [0.15, 0.2) is 47.5 Å². The predicted molar refractivity (Wildman–Crippen MR) is 129 cm³/mol. The molecule has 8 nitrogen and oxygen atoms in total. The van der Waals surface area contributed by atoms with Gasteiger partial charge in [-0.15, -0.1) is 0 Å². The molecule has 5 rings (SSSR count). The smallest absolute Gasteiger partial charge is 0.396 e. The van der Waals surface area contributed by atoms with E-state index in [0.29, 0.717) is 24.4 Å². The highest BCUT2D eigenvalue weighted by Gasteiger charge is 2.31. The Morgan fingerprint density at radius 1 is 1.16 bits per heavy atom. The van der Waals surface area contributed by atoms with E-state index in [0.717, 1.165) is 43.3 Å². The van der Waals surface area contributed by atoms with E-state index in [-0.39, 0.29) is 42.3 Å². The fraction of sp³-hybridized carbons (Fsp3) is 0.423. The Kier molecular flexibility index (Phi) is 6.91. The van der Waals surface area contributed by atoms with E-state index in [9.17, 15) is 27.9 Å². The molecule has 2 amide bonds. The van der Waals surface area contributed by atoms with E-state index in [1.165, 1.54) is 12.1 Å². The Morgan fingerprint density at radius 2 is 1.97 bits per heavy atom. The molecule has 0 bridgehead atoms. The molecule has 0 spiro atoms. The van der Waals surface area contributed by atoms with E-state index in [2.05, 4.69) is 9.98 Å². The molecule has 196 valence electrons. The van der Waals surface area contributed by atoms with Gasteiger partial charge in [0.2, 0.25) is 5.62 Å². The van der Waals surface area contributed by atoms with Crippen molar-refractivity contribution in [2.24, 2.45) is 10.9 Å². The first-order chi connectivity index (χ1) is 17.8. The lowest BCUT2D eigenvalue weighted by Crippen LogP contribution is -2.41. The molecule has 2 heterocycles. The maximum atomic E-state index is 13.2. The fourth-order valence-electron chi connectivity index (χ4n) is 5.24. The van der Waals surface area contributed by atoms with Gasteiger partial charge in [0.05, 0.1) is 23.2 Å². The van der Waals surface area contributed by atoms with Crippen LogP contribution in [0.5, 0.6) is 0 Å². The molecule has 2 aliphatic rings. The second-order valence-corrected chi connectivity index (χ2v) is 9.41. The van der Waals surface area contributed by atoms with Crippen molar-refractivity contribution in [2.45, 2.75) is 37.9 Å². The van der Waals surface area contributed by atoms with Crippen LogP contribution in [0, 0.1) is 5.92 Å². The van der Waals surface area contributed by atoms with E-state index < -0.39 is 17.6 Å². The number of nitrogens with one attached hydrogen (secondary N) is 1. The number of hydrogen-bond acceptors (Lipinski definition) is 4. The van der Waals surface area contributed by atoms with Crippen molar-refractivity contribution in [2.75, 3.05) is 31.3 Å². The molecular weight excluding hydrogens is 489 g/mol. The van der Waals surface area contributed by atoms with Crippen LogP contribution in [0.3, 0.4) is 0 Å². The molecule has 11 heteroatoms. The zero-order valence-electron chi connectivity index (χ0n) is 20.0. The summed E-state index contributed by atoms with van der Waals surface area (Å²) in [5.41, 5.74) is 1.09. The van der Waals surface area contributed by atoms with Gasteiger partial charge in [0, 0.05) is 36.4 Å². The predicted octanol–water partition coefficient (Wildman–Crippen LogP) is 3.82. The van der Waals surface area contributed by atoms with Gasteiger partial charge < -0.3 is 24.3 Å². The summed E-state index contributed by atoms with van der Waals surface area (Å²) in [5, 5.41) is 10.0. The van der Waals surface area contributed by atoms with Crippen LogP contribution in [0.4, 0.5) is 18.9 Å². The van der Waals surface area contributed by atoms with Crippen molar-refractivity contribution in [1.82, 2.24) is 9.55 Å². The van der Waals surface area contributed by atoms with Gasteiger partial charge >= 0.3 is 6.18 Å². The van der Waals surface area contributed by atoms with E-state index in [1.54, 1.807) is 11.0 Å². The third-order valence-corrected chi connectivity index (χ3v) is 7.09. The molecule has 0 unspecified atom stereocenters. The number of aromatic nitrogens is 2. The number of fused-ring (bicyclic) bond motifs is 1. The lowest BCUT2D eigenvalue weighted by molar-refractivity contribution is -0.137. The van der Waals surface area contributed by atoms with Gasteiger partial charge in [-0.05, 0) is 49.2 Å². The lowest BCUT2D eigenvalue weighted by atomic mass is 9.85. The molecule has 1 aromatic heterocycles. The minimum absolute atomic E-state index is 0.00487. The maximum Gasteiger partial charge on any atom is 0.416 e. The molecule has 2 aromatic carbocycles. The van der Waals surface area contributed by atoms with E-state index >= 15 is 0 Å². The van der Waals surface area contributed by atoms with Gasteiger partial charge in [-0.25, -0.2) is 0 Å². The number of imidazole rings is 1. The standard InChI is InChI=1S/C26H27F3N4O4/c27-26(28,29)18-6-3-5-16(12-18)24(36)31-25-30-20-13-19(32-10-11-37-15-23(32)35)8-9-22(20)33(25)21-7-2-1-4-17(21)14-34/h3,5-6,8-9,12-13,17,21,34H,1-2,4,7,10-11,14-15H2,(H,30,31,36)/t17-,21+/m1/s1. The molecule has 2 atom stereocenters. The van der Waals surface area contributed by atoms with E-state index in [4.69, 9.17) is 4.74 Å². The second kappa shape index (κ2) is 10.1. The number of aromatic amines is 1. The maximum absolute atomic E-state index is 13.2. The summed E-state index contributed by atoms with van der Waals surface area (Å²) in [5.74, 6) is -1.04. The zero-order valence-corrected chi connectivity index (χ0v) is 20.0. The molecule has 1 saturated heterocycles. The molecule has 1 saturated carbocycles. The Balaban J connectivity index is 1.63. The number of rotatable bonds is 4. The lowest BCUT2D eigenvalue weighted by Gasteiger charge is -2.31. The van der Waals surface area contributed by atoms with Gasteiger partial charge in [0.25, 0.3) is 11.8 Å². The van der Waals surface area contributed by atoms with E-state index in [1.807, 2.05) is 16.7 Å². The number of aliphatic hydroxyl groups excluding tert-OH is 1. The minimum atomic E-state index is -4.58. The molecule has 0 radical (unpaired) electrons. The Hall–Kier alpha value is -3.44. The molecule has 2 fully saturated rings. The van der Waals surface area contributed by atoms with Crippen molar-refractivity contribution in [1.29, 1.82) is 0 Å². The number of ether oxygens (including phenoxy) is 1. The number of morpholine rings is 1. The second-order valence-electron chi connectivity index (χ2n) is 9.41. The highest BCUT2D eigenvalue weighted by atomic mass is 19.4. The first-order valence-electron chi connectivity index (χ1n) is 12.3. The third kappa shape index (κ3) is 5.05. The minimum Gasteiger partial charge on any atom is -0.396 e. The topological polar surface area (TPSA) is 99.9 Å². The molecule has 37 heavy (non-hydrogen) atoms. The quantitative estimate of drug-likeness (QED) is 0.551. The fourth-order valence-corrected chi connectivity index (χ4v) is 5.24. The van der Waals surface area contributed by atoms with Crippen LogP contribution in [0.25, 0.3) is 11.0 Å². The van der Waals surface area contributed by atoms with Gasteiger partial charge in [0.15, 0.2) is 0 Å². The summed E-state index contributed by atoms with van der Waals surface area (Å²) < 4.78 is 46.7. The monoisotopic (exact) mass is 516 g/mol. The number of halogens is 3. The Bertz CT molecular complexity index is 1390. The zero-order chi connectivity index (χ0) is 26.2. The number of hydrogen-bond donors (Lipinski definition) is 2.